The Morgan fingerprint density at radius 3 is 2.46 bits per heavy atom. The Hall–Kier alpha value is -2.73. The molecule has 1 heterocycles. The van der Waals surface area contributed by atoms with Crippen LogP contribution in [0.3, 0.4) is 0 Å². The van der Waals surface area contributed by atoms with E-state index in [9.17, 15) is 14.9 Å². The molecular formula is C20H23N3O3. The van der Waals surface area contributed by atoms with Crippen LogP contribution in [0, 0.1) is 10.1 Å². The Balaban J connectivity index is 1.45. The molecule has 0 spiro atoms. The van der Waals surface area contributed by atoms with E-state index in [-0.39, 0.29) is 24.1 Å². The molecule has 2 aromatic rings. The topological polar surface area (TPSA) is 75.5 Å². The Labute approximate surface area is 153 Å². The van der Waals surface area contributed by atoms with Crippen LogP contribution in [0.5, 0.6) is 0 Å². The van der Waals surface area contributed by atoms with Gasteiger partial charge in [-0.15, -0.1) is 0 Å². The molecule has 1 aliphatic rings. The highest BCUT2D eigenvalue weighted by Gasteiger charge is 2.21. The van der Waals surface area contributed by atoms with Crippen molar-refractivity contribution in [2.45, 2.75) is 31.8 Å². The van der Waals surface area contributed by atoms with E-state index < -0.39 is 4.92 Å². The monoisotopic (exact) mass is 353 g/mol. The van der Waals surface area contributed by atoms with Crippen LogP contribution < -0.4 is 5.32 Å². The number of non-ortho nitro benzene ring substituents is 1. The predicted molar refractivity (Wildman–Crippen MR) is 99.7 cm³/mol. The molecule has 0 bridgehead atoms. The summed E-state index contributed by atoms with van der Waals surface area (Å²) >= 11 is 0. The van der Waals surface area contributed by atoms with Gasteiger partial charge in [-0.3, -0.25) is 19.8 Å². The van der Waals surface area contributed by atoms with Gasteiger partial charge in [0.05, 0.1) is 11.3 Å². The highest BCUT2D eigenvalue weighted by molar-refractivity contribution is 5.79. The molecular weight excluding hydrogens is 330 g/mol. The summed E-state index contributed by atoms with van der Waals surface area (Å²) < 4.78 is 0. The van der Waals surface area contributed by atoms with Gasteiger partial charge in [-0.1, -0.05) is 42.5 Å². The number of carbonyl (C=O) groups excluding carboxylic acids is 1. The number of hydrogen-bond donors (Lipinski definition) is 1. The number of nitrogens with zero attached hydrogens (tertiary/aromatic N) is 2. The summed E-state index contributed by atoms with van der Waals surface area (Å²) in [4.78, 5) is 25.0. The zero-order valence-electron chi connectivity index (χ0n) is 14.6. The van der Waals surface area contributed by atoms with Crippen molar-refractivity contribution in [2.24, 2.45) is 0 Å². The van der Waals surface area contributed by atoms with Crippen LogP contribution in [-0.2, 0) is 17.8 Å². The summed E-state index contributed by atoms with van der Waals surface area (Å²) in [6, 6.07) is 16.8. The third-order valence-electron chi connectivity index (χ3n) is 4.69. The molecule has 6 nitrogen and oxygen atoms in total. The lowest BCUT2D eigenvalue weighted by molar-refractivity contribution is -0.384. The van der Waals surface area contributed by atoms with Crippen LogP contribution >= 0.6 is 0 Å². The van der Waals surface area contributed by atoms with Gasteiger partial charge in [0.2, 0.25) is 5.91 Å². The number of nitro benzene ring substituents is 1. The van der Waals surface area contributed by atoms with Crippen LogP contribution in [0.2, 0.25) is 0 Å². The summed E-state index contributed by atoms with van der Waals surface area (Å²) in [5, 5.41) is 13.9. The van der Waals surface area contributed by atoms with Crippen molar-refractivity contribution in [3.63, 3.8) is 0 Å². The minimum atomic E-state index is -0.441. The number of rotatable bonds is 6. The van der Waals surface area contributed by atoms with Gasteiger partial charge >= 0.3 is 0 Å². The van der Waals surface area contributed by atoms with E-state index in [0.717, 1.165) is 32.5 Å². The Morgan fingerprint density at radius 2 is 1.77 bits per heavy atom. The third kappa shape index (κ3) is 5.13. The van der Waals surface area contributed by atoms with Crippen molar-refractivity contribution < 1.29 is 9.72 Å². The first-order chi connectivity index (χ1) is 12.6. The number of likely N-dealkylation sites (tertiary alicyclic amines) is 1. The first-order valence-electron chi connectivity index (χ1n) is 8.89. The molecule has 0 aromatic heterocycles. The quantitative estimate of drug-likeness (QED) is 0.640. The van der Waals surface area contributed by atoms with Crippen molar-refractivity contribution in [1.29, 1.82) is 0 Å². The number of carbonyl (C=O) groups is 1. The van der Waals surface area contributed by atoms with E-state index in [4.69, 9.17) is 0 Å². The van der Waals surface area contributed by atoms with Gasteiger partial charge in [-0.05, 0) is 24.0 Å². The van der Waals surface area contributed by atoms with Gasteiger partial charge in [0, 0.05) is 37.8 Å². The predicted octanol–water partition coefficient (Wildman–Crippen LogP) is 2.92. The summed E-state index contributed by atoms with van der Waals surface area (Å²) in [6.07, 6.45) is 2.02. The van der Waals surface area contributed by atoms with Gasteiger partial charge in [0.25, 0.3) is 5.69 Å². The Kier molecular flexibility index (Phi) is 5.96. The van der Waals surface area contributed by atoms with Crippen LogP contribution in [-0.4, -0.2) is 34.9 Å². The van der Waals surface area contributed by atoms with Crippen LogP contribution in [0.25, 0.3) is 0 Å². The van der Waals surface area contributed by atoms with Gasteiger partial charge < -0.3 is 5.32 Å². The van der Waals surface area contributed by atoms with Crippen LogP contribution in [0.1, 0.15) is 24.0 Å². The van der Waals surface area contributed by atoms with Gasteiger partial charge in [0.1, 0.15) is 0 Å². The average Bonchev–Trinajstić information content (AvgIpc) is 2.64. The fraction of sp³-hybridized carbons (Fsp3) is 0.350. The first-order valence-corrected chi connectivity index (χ1v) is 8.89. The SMILES string of the molecule is O=C(Cc1cccc([N+](=O)[O-])c1)NC1CCN(Cc2ccccc2)CC1. The van der Waals surface area contributed by atoms with Gasteiger partial charge in [0.15, 0.2) is 0 Å². The smallest absolute Gasteiger partial charge is 0.269 e. The average molecular weight is 353 g/mol. The number of piperidine rings is 1. The molecule has 1 fully saturated rings. The molecule has 6 heteroatoms. The lowest BCUT2D eigenvalue weighted by Crippen LogP contribution is -2.44. The Bertz CT molecular complexity index is 756. The highest BCUT2D eigenvalue weighted by atomic mass is 16.6. The fourth-order valence-electron chi connectivity index (χ4n) is 3.32. The lowest BCUT2D eigenvalue weighted by Gasteiger charge is -2.32. The molecule has 26 heavy (non-hydrogen) atoms. The standard InChI is InChI=1S/C20H23N3O3/c24-20(14-17-7-4-8-19(13-17)23(25)26)21-18-9-11-22(12-10-18)15-16-5-2-1-3-6-16/h1-8,13,18H,9-12,14-15H2,(H,21,24). The lowest BCUT2D eigenvalue weighted by atomic mass is 10.0. The van der Waals surface area contributed by atoms with Crippen molar-refractivity contribution in [1.82, 2.24) is 10.2 Å². The fourth-order valence-corrected chi connectivity index (χ4v) is 3.32. The molecule has 136 valence electrons. The molecule has 2 aromatic carbocycles. The van der Waals surface area contributed by atoms with Crippen molar-refractivity contribution in [3.05, 3.63) is 75.8 Å². The third-order valence-corrected chi connectivity index (χ3v) is 4.69. The number of nitro groups is 1. The molecule has 1 aliphatic heterocycles. The zero-order chi connectivity index (χ0) is 18.4. The largest absolute Gasteiger partial charge is 0.353 e. The van der Waals surface area contributed by atoms with Crippen molar-refractivity contribution >= 4 is 11.6 Å². The van der Waals surface area contributed by atoms with E-state index in [1.165, 1.54) is 17.7 Å². The first kappa shape index (κ1) is 18.1. The van der Waals surface area contributed by atoms with Crippen LogP contribution in [0.15, 0.2) is 54.6 Å². The number of amides is 1. The molecule has 0 radical (unpaired) electrons. The minimum Gasteiger partial charge on any atom is -0.353 e. The van der Waals surface area contributed by atoms with E-state index in [1.54, 1.807) is 12.1 Å². The second kappa shape index (κ2) is 8.58. The maximum atomic E-state index is 12.2. The van der Waals surface area contributed by atoms with E-state index in [0.29, 0.717) is 5.56 Å². The molecule has 0 saturated carbocycles. The number of hydrogen-bond acceptors (Lipinski definition) is 4. The maximum absolute atomic E-state index is 12.2. The zero-order valence-corrected chi connectivity index (χ0v) is 14.6. The van der Waals surface area contributed by atoms with Crippen molar-refractivity contribution in [2.75, 3.05) is 13.1 Å². The molecule has 1 N–H and O–H groups in total. The molecule has 0 aliphatic carbocycles. The number of nitrogens with one attached hydrogen (secondary N) is 1. The summed E-state index contributed by atoms with van der Waals surface area (Å²) in [7, 11) is 0. The van der Waals surface area contributed by atoms with Gasteiger partial charge in [-0.2, -0.15) is 0 Å². The van der Waals surface area contributed by atoms with E-state index in [2.05, 4.69) is 34.5 Å². The molecule has 0 unspecified atom stereocenters. The second-order valence-electron chi connectivity index (χ2n) is 6.71. The highest BCUT2D eigenvalue weighted by Crippen LogP contribution is 2.16. The normalized spacial score (nSPS) is 15.5. The van der Waals surface area contributed by atoms with Crippen LogP contribution in [0.4, 0.5) is 5.69 Å². The summed E-state index contributed by atoms with van der Waals surface area (Å²) in [5.41, 5.74) is 1.99. The molecule has 3 rings (SSSR count). The van der Waals surface area contributed by atoms with Gasteiger partial charge in [-0.25, -0.2) is 0 Å². The maximum Gasteiger partial charge on any atom is 0.269 e. The molecule has 0 atom stereocenters. The minimum absolute atomic E-state index is 0.0181. The second-order valence-corrected chi connectivity index (χ2v) is 6.71. The van der Waals surface area contributed by atoms with E-state index >= 15 is 0 Å². The summed E-state index contributed by atoms with van der Waals surface area (Å²) in [6.45, 7) is 2.85. The van der Waals surface area contributed by atoms with E-state index in [1.807, 2.05) is 6.07 Å². The molecule has 1 saturated heterocycles. The van der Waals surface area contributed by atoms with Crippen molar-refractivity contribution in [3.8, 4) is 0 Å². The number of benzene rings is 2. The Morgan fingerprint density at radius 1 is 1.08 bits per heavy atom. The summed E-state index contributed by atoms with van der Waals surface area (Å²) in [5.74, 6) is -0.0768. The molecule has 1 amide bonds.